The maximum atomic E-state index is 12.4. The van der Waals surface area contributed by atoms with Crippen LogP contribution >= 0.6 is 0 Å². The molecule has 3 aromatic rings. The average molecular weight is 431 g/mol. The van der Waals surface area contributed by atoms with Gasteiger partial charge in [0.1, 0.15) is 5.60 Å². The van der Waals surface area contributed by atoms with Crippen molar-refractivity contribution in [2.24, 2.45) is 0 Å². The van der Waals surface area contributed by atoms with E-state index in [0.29, 0.717) is 11.5 Å². The fourth-order valence-corrected chi connectivity index (χ4v) is 3.86. The molecule has 1 aliphatic rings. The zero-order valence-corrected chi connectivity index (χ0v) is 18.8. The summed E-state index contributed by atoms with van der Waals surface area (Å²) in [6.45, 7) is 5.60. The van der Waals surface area contributed by atoms with Crippen LogP contribution < -0.4 is 16.4 Å². The van der Waals surface area contributed by atoms with Crippen molar-refractivity contribution in [3.05, 3.63) is 72.3 Å². The summed E-state index contributed by atoms with van der Waals surface area (Å²) < 4.78 is 5.47. The van der Waals surface area contributed by atoms with Crippen molar-refractivity contribution in [3.8, 4) is 11.3 Å². The summed E-state index contributed by atoms with van der Waals surface area (Å²) >= 11 is 0. The number of rotatable bonds is 5. The van der Waals surface area contributed by atoms with Crippen molar-refractivity contribution in [3.63, 3.8) is 0 Å². The van der Waals surface area contributed by atoms with E-state index in [1.54, 1.807) is 0 Å². The molecule has 6 nitrogen and oxygen atoms in total. The minimum absolute atomic E-state index is 0.370. The largest absolute Gasteiger partial charge is 0.444 e. The number of hydrogen-bond donors (Lipinski definition) is 3. The number of nitrogens with two attached hydrogens (primary N) is 1. The van der Waals surface area contributed by atoms with Crippen LogP contribution in [0.15, 0.2) is 66.7 Å². The second-order valence-corrected chi connectivity index (χ2v) is 9.27. The highest BCUT2D eigenvalue weighted by atomic mass is 16.6. The molecule has 0 bridgehead atoms. The van der Waals surface area contributed by atoms with E-state index >= 15 is 0 Å². The van der Waals surface area contributed by atoms with Gasteiger partial charge < -0.3 is 21.1 Å². The van der Waals surface area contributed by atoms with E-state index in [2.05, 4.69) is 10.6 Å². The van der Waals surface area contributed by atoms with Gasteiger partial charge in [0, 0.05) is 11.3 Å². The van der Waals surface area contributed by atoms with E-state index in [0.717, 1.165) is 41.8 Å². The molecule has 1 amide bonds. The minimum atomic E-state index is -0.524. The lowest BCUT2D eigenvalue weighted by atomic mass is 9.72. The Hall–Kier alpha value is -3.54. The van der Waals surface area contributed by atoms with Gasteiger partial charge in [-0.15, -0.1) is 0 Å². The van der Waals surface area contributed by atoms with Gasteiger partial charge in [-0.2, -0.15) is 0 Å². The first kappa shape index (κ1) is 21.7. The molecule has 1 aliphatic carbocycles. The van der Waals surface area contributed by atoms with Crippen LogP contribution in [0.3, 0.4) is 0 Å². The van der Waals surface area contributed by atoms with Crippen LogP contribution in [-0.4, -0.2) is 16.7 Å². The van der Waals surface area contributed by atoms with Crippen molar-refractivity contribution in [2.45, 2.75) is 51.2 Å². The summed E-state index contributed by atoms with van der Waals surface area (Å²) in [6.07, 6.45) is 2.48. The molecule has 0 radical (unpaired) electrons. The number of pyridine rings is 1. The molecule has 4 rings (SSSR count). The number of nitrogen functional groups attached to an aromatic ring is 1. The number of carbonyl (C=O) groups excluding carboxylic acids is 1. The lowest BCUT2D eigenvalue weighted by Crippen LogP contribution is -2.52. The number of nitrogens with one attached hydrogen (secondary N) is 2. The van der Waals surface area contributed by atoms with E-state index in [4.69, 9.17) is 15.5 Å². The first-order valence-electron chi connectivity index (χ1n) is 10.9. The summed E-state index contributed by atoms with van der Waals surface area (Å²) in [5.41, 5.74) is 9.69. The monoisotopic (exact) mass is 430 g/mol. The molecular formula is C26H30N4O2. The van der Waals surface area contributed by atoms with Crippen LogP contribution in [0.4, 0.5) is 22.0 Å². The smallest absolute Gasteiger partial charge is 0.408 e. The molecule has 1 fully saturated rings. The SMILES string of the molecule is CC(C)(C)OC(=O)NC1(c2ccc(Nc3nc(-c4ccccc4)ccc3N)cc2)CCC1. The fourth-order valence-electron chi connectivity index (χ4n) is 3.86. The Balaban J connectivity index is 1.50. The quantitative estimate of drug-likeness (QED) is 0.463. The van der Waals surface area contributed by atoms with E-state index < -0.39 is 5.60 Å². The number of amides is 1. The summed E-state index contributed by atoms with van der Waals surface area (Å²) in [4.78, 5) is 17.1. The van der Waals surface area contributed by atoms with E-state index in [1.807, 2.05) is 87.5 Å². The van der Waals surface area contributed by atoms with Crippen molar-refractivity contribution in [1.29, 1.82) is 0 Å². The fraction of sp³-hybridized carbons (Fsp3) is 0.308. The second-order valence-electron chi connectivity index (χ2n) is 9.27. The molecule has 1 saturated carbocycles. The van der Waals surface area contributed by atoms with E-state index in [-0.39, 0.29) is 11.6 Å². The third kappa shape index (κ3) is 4.85. The van der Waals surface area contributed by atoms with Gasteiger partial charge in [0.2, 0.25) is 0 Å². The lowest BCUT2D eigenvalue weighted by molar-refractivity contribution is 0.0377. The predicted molar refractivity (Wildman–Crippen MR) is 129 cm³/mol. The third-order valence-electron chi connectivity index (χ3n) is 5.64. The molecule has 6 heteroatoms. The number of nitrogens with zero attached hydrogens (tertiary/aromatic N) is 1. The third-order valence-corrected chi connectivity index (χ3v) is 5.64. The van der Waals surface area contributed by atoms with E-state index in [1.165, 1.54) is 0 Å². The molecule has 4 N–H and O–H groups in total. The maximum Gasteiger partial charge on any atom is 0.408 e. The van der Waals surface area contributed by atoms with Gasteiger partial charge in [-0.25, -0.2) is 9.78 Å². The molecule has 1 aromatic heterocycles. The Kier molecular flexibility index (Phi) is 5.78. The number of carbonyl (C=O) groups is 1. The van der Waals surface area contributed by atoms with Gasteiger partial charge in [-0.3, -0.25) is 0 Å². The van der Waals surface area contributed by atoms with Crippen LogP contribution in [-0.2, 0) is 10.3 Å². The molecule has 32 heavy (non-hydrogen) atoms. The summed E-state index contributed by atoms with van der Waals surface area (Å²) in [5, 5.41) is 6.41. The summed E-state index contributed by atoms with van der Waals surface area (Å²) in [6, 6.07) is 21.8. The Morgan fingerprint density at radius 3 is 2.28 bits per heavy atom. The van der Waals surface area contributed by atoms with E-state index in [9.17, 15) is 4.79 Å². The summed E-state index contributed by atoms with van der Waals surface area (Å²) in [7, 11) is 0. The number of alkyl carbamates (subject to hydrolysis) is 1. The van der Waals surface area contributed by atoms with Crippen LogP contribution in [0, 0.1) is 0 Å². The zero-order valence-electron chi connectivity index (χ0n) is 18.8. The van der Waals surface area contributed by atoms with Crippen molar-refractivity contribution >= 4 is 23.3 Å². The van der Waals surface area contributed by atoms with Crippen molar-refractivity contribution < 1.29 is 9.53 Å². The van der Waals surface area contributed by atoms with Crippen LogP contribution in [0.5, 0.6) is 0 Å². The van der Waals surface area contributed by atoms with Gasteiger partial charge in [0.05, 0.1) is 16.9 Å². The first-order chi connectivity index (χ1) is 15.2. The van der Waals surface area contributed by atoms with Gasteiger partial charge >= 0.3 is 6.09 Å². The topological polar surface area (TPSA) is 89.3 Å². The first-order valence-corrected chi connectivity index (χ1v) is 10.9. The number of hydrogen-bond acceptors (Lipinski definition) is 5. The normalized spacial score (nSPS) is 14.8. The number of ether oxygens (including phenoxy) is 1. The Morgan fingerprint density at radius 1 is 1.00 bits per heavy atom. The molecule has 0 unspecified atom stereocenters. The van der Waals surface area contributed by atoms with Crippen LogP contribution in [0.25, 0.3) is 11.3 Å². The van der Waals surface area contributed by atoms with Gasteiger partial charge in [-0.1, -0.05) is 42.5 Å². The lowest BCUT2D eigenvalue weighted by Gasteiger charge is -2.43. The zero-order chi connectivity index (χ0) is 22.8. The second kappa shape index (κ2) is 8.54. The maximum absolute atomic E-state index is 12.4. The molecule has 0 spiro atoms. The molecule has 0 aliphatic heterocycles. The highest BCUT2D eigenvalue weighted by Gasteiger charge is 2.41. The minimum Gasteiger partial charge on any atom is -0.444 e. The number of anilines is 3. The Morgan fingerprint density at radius 2 is 1.69 bits per heavy atom. The van der Waals surface area contributed by atoms with Crippen molar-refractivity contribution in [1.82, 2.24) is 10.3 Å². The average Bonchev–Trinajstić information content (AvgIpc) is 2.72. The Labute approximate surface area is 189 Å². The van der Waals surface area contributed by atoms with Gasteiger partial charge in [0.15, 0.2) is 5.82 Å². The number of benzene rings is 2. The highest BCUT2D eigenvalue weighted by molar-refractivity contribution is 5.73. The molecule has 0 atom stereocenters. The summed E-state index contributed by atoms with van der Waals surface area (Å²) in [5.74, 6) is 0.615. The molecule has 1 heterocycles. The number of aromatic nitrogens is 1. The molecule has 2 aromatic carbocycles. The van der Waals surface area contributed by atoms with Crippen LogP contribution in [0.1, 0.15) is 45.6 Å². The molecule has 0 saturated heterocycles. The van der Waals surface area contributed by atoms with Crippen LogP contribution in [0.2, 0.25) is 0 Å². The Bertz CT molecular complexity index is 1090. The van der Waals surface area contributed by atoms with Gasteiger partial charge in [0.25, 0.3) is 0 Å². The van der Waals surface area contributed by atoms with Gasteiger partial charge in [-0.05, 0) is 69.9 Å². The molecular weight excluding hydrogens is 400 g/mol. The standard InChI is InChI=1S/C26H30N4O2/c1-25(2,3)32-24(31)30-26(16-7-17-26)19-10-12-20(13-11-19)28-23-21(27)14-15-22(29-23)18-8-5-4-6-9-18/h4-6,8-15H,7,16-17,27H2,1-3H3,(H,28,29)(H,30,31). The predicted octanol–water partition coefficient (Wildman–Crippen LogP) is 5.98. The molecule has 166 valence electrons. The van der Waals surface area contributed by atoms with Crippen molar-refractivity contribution in [2.75, 3.05) is 11.1 Å². The highest BCUT2D eigenvalue weighted by Crippen LogP contribution is 2.42.